The van der Waals surface area contributed by atoms with Gasteiger partial charge in [0.05, 0.1) is 0 Å². The molecule has 1 atom stereocenters. The van der Waals surface area contributed by atoms with Crippen LogP contribution in [0.25, 0.3) is 5.65 Å². The van der Waals surface area contributed by atoms with Crippen molar-refractivity contribution in [1.82, 2.24) is 19.3 Å². The Morgan fingerprint density at radius 1 is 1.48 bits per heavy atom. The zero-order valence-electron chi connectivity index (χ0n) is 14.4. The summed E-state index contributed by atoms with van der Waals surface area (Å²) < 4.78 is 7.77. The molecule has 3 heterocycles. The number of carbonyl (C=O) groups excluding carboxylic acids is 1. The highest BCUT2D eigenvalue weighted by Gasteiger charge is 2.28. The zero-order valence-corrected chi connectivity index (χ0v) is 16.8. The van der Waals surface area contributed by atoms with E-state index >= 15 is 0 Å². The van der Waals surface area contributed by atoms with Crippen LogP contribution in [0.4, 0.5) is 10.6 Å². The van der Waals surface area contributed by atoms with Gasteiger partial charge in [-0.25, -0.2) is 14.8 Å². The molecule has 0 radical (unpaired) electrons. The van der Waals surface area contributed by atoms with Crippen molar-refractivity contribution in [3.63, 3.8) is 0 Å². The Morgan fingerprint density at radius 2 is 2.24 bits per heavy atom. The smallest absolute Gasteiger partial charge is 0.410 e. The Balaban J connectivity index is 1.74. The Bertz CT molecular complexity index is 789. The number of halogens is 2. The molecule has 0 unspecified atom stereocenters. The summed E-state index contributed by atoms with van der Waals surface area (Å²) >= 11 is 9.59. The SMILES string of the molecule is CC(C)(C)OC(=O)N1CCC[C@H](Nc2nc(Br)c(Cl)n3ccnc23)C1. The maximum atomic E-state index is 12.3. The van der Waals surface area contributed by atoms with Gasteiger partial charge in [0, 0.05) is 31.5 Å². The van der Waals surface area contributed by atoms with Crippen molar-refractivity contribution in [2.24, 2.45) is 0 Å². The lowest BCUT2D eigenvalue weighted by Crippen LogP contribution is -2.47. The number of ether oxygens (including phenoxy) is 1. The minimum Gasteiger partial charge on any atom is -0.444 e. The summed E-state index contributed by atoms with van der Waals surface area (Å²) in [5, 5.41) is 3.86. The van der Waals surface area contributed by atoms with Gasteiger partial charge in [-0.3, -0.25) is 4.40 Å². The number of anilines is 1. The number of nitrogens with one attached hydrogen (secondary N) is 1. The molecule has 1 aliphatic heterocycles. The lowest BCUT2D eigenvalue weighted by Gasteiger charge is -2.34. The molecule has 2 aromatic heterocycles. The largest absolute Gasteiger partial charge is 0.444 e. The maximum absolute atomic E-state index is 12.3. The monoisotopic (exact) mass is 429 g/mol. The van der Waals surface area contributed by atoms with Crippen LogP contribution < -0.4 is 5.32 Å². The van der Waals surface area contributed by atoms with Gasteiger partial charge in [0.15, 0.2) is 11.5 Å². The average Bonchev–Trinajstić information content (AvgIpc) is 3.01. The number of imidazole rings is 1. The van der Waals surface area contributed by atoms with Crippen molar-refractivity contribution >= 4 is 45.1 Å². The van der Waals surface area contributed by atoms with Crippen LogP contribution in [0.3, 0.4) is 0 Å². The van der Waals surface area contributed by atoms with Crippen LogP contribution in [0.5, 0.6) is 0 Å². The van der Waals surface area contributed by atoms with Crippen molar-refractivity contribution in [2.75, 3.05) is 18.4 Å². The highest BCUT2D eigenvalue weighted by Crippen LogP contribution is 2.27. The van der Waals surface area contributed by atoms with Crippen LogP contribution >= 0.6 is 27.5 Å². The van der Waals surface area contributed by atoms with E-state index in [0.29, 0.717) is 34.3 Å². The van der Waals surface area contributed by atoms with Gasteiger partial charge in [-0.1, -0.05) is 11.6 Å². The summed E-state index contributed by atoms with van der Waals surface area (Å²) in [4.78, 5) is 22.8. The molecule has 0 aromatic carbocycles. The van der Waals surface area contributed by atoms with Crippen LogP contribution in [-0.2, 0) is 4.74 Å². The van der Waals surface area contributed by atoms with Gasteiger partial charge < -0.3 is 15.0 Å². The molecule has 0 aliphatic carbocycles. The average molecular weight is 431 g/mol. The number of fused-ring (bicyclic) bond motifs is 1. The van der Waals surface area contributed by atoms with Crippen molar-refractivity contribution in [3.8, 4) is 0 Å². The van der Waals surface area contributed by atoms with Gasteiger partial charge in [0.1, 0.15) is 15.4 Å². The minimum atomic E-state index is -0.498. The van der Waals surface area contributed by atoms with Gasteiger partial charge in [-0.2, -0.15) is 0 Å². The van der Waals surface area contributed by atoms with Crippen molar-refractivity contribution in [1.29, 1.82) is 0 Å². The lowest BCUT2D eigenvalue weighted by atomic mass is 10.1. The van der Waals surface area contributed by atoms with Gasteiger partial charge in [-0.15, -0.1) is 0 Å². The summed E-state index contributed by atoms with van der Waals surface area (Å²) in [6.45, 7) is 6.87. The lowest BCUT2D eigenvalue weighted by molar-refractivity contribution is 0.0206. The fraction of sp³-hybridized carbons (Fsp3) is 0.562. The number of hydrogen-bond acceptors (Lipinski definition) is 5. The first-order valence-electron chi connectivity index (χ1n) is 8.17. The number of likely N-dealkylation sites (tertiary alicyclic amines) is 1. The van der Waals surface area contributed by atoms with Gasteiger partial charge in [-0.05, 0) is 49.5 Å². The summed E-state index contributed by atoms with van der Waals surface area (Å²) in [6.07, 6.45) is 5.01. The maximum Gasteiger partial charge on any atom is 0.410 e. The van der Waals surface area contributed by atoms with Crippen LogP contribution in [0.2, 0.25) is 5.15 Å². The third-order valence-corrected chi connectivity index (χ3v) is 5.00. The first-order chi connectivity index (χ1) is 11.7. The second kappa shape index (κ2) is 6.99. The normalized spacial score (nSPS) is 18.4. The van der Waals surface area contributed by atoms with E-state index < -0.39 is 5.60 Å². The zero-order chi connectivity index (χ0) is 18.2. The second-order valence-corrected chi connectivity index (χ2v) is 8.18. The second-order valence-electron chi connectivity index (χ2n) is 7.07. The third kappa shape index (κ3) is 4.17. The number of rotatable bonds is 2. The predicted octanol–water partition coefficient (Wildman–Crippen LogP) is 3.96. The molecule has 1 N–H and O–H groups in total. The molecule has 1 amide bonds. The van der Waals surface area contributed by atoms with Crippen LogP contribution in [-0.4, -0.2) is 50.1 Å². The van der Waals surface area contributed by atoms with Crippen molar-refractivity contribution < 1.29 is 9.53 Å². The molecule has 3 rings (SSSR count). The van der Waals surface area contributed by atoms with Gasteiger partial charge >= 0.3 is 6.09 Å². The number of piperidine rings is 1. The summed E-state index contributed by atoms with van der Waals surface area (Å²) in [7, 11) is 0. The van der Waals surface area contributed by atoms with Crippen LogP contribution in [0.15, 0.2) is 17.0 Å². The fourth-order valence-electron chi connectivity index (χ4n) is 2.81. The molecule has 9 heteroatoms. The van der Waals surface area contributed by atoms with E-state index in [2.05, 4.69) is 31.2 Å². The topological polar surface area (TPSA) is 71.8 Å². The number of carbonyl (C=O) groups is 1. The van der Waals surface area contributed by atoms with Gasteiger partial charge in [0.25, 0.3) is 0 Å². The van der Waals surface area contributed by atoms with E-state index in [-0.39, 0.29) is 12.1 Å². The molecular formula is C16H21BrClN5O2. The number of amides is 1. The Labute approximate surface area is 159 Å². The molecule has 136 valence electrons. The molecule has 1 aliphatic rings. The van der Waals surface area contributed by atoms with Crippen LogP contribution in [0.1, 0.15) is 33.6 Å². The molecule has 0 bridgehead atoms. The number of nitrogens with zero attached hydrogens (tertiary/aromatic N) is 4. The summed E-state index contributed by atoms with van der Waals surface area (Å²) in [5.41, 5.74) is 0.157. The predicted molar refractivity (Wildman–Crippen MR) is 100 cm³/mol. The Kier molecular flexibility index (Phi) is 5.11. The molecule has 0 saturated carbocycles. The van der Waals surface area contributed by atoms with Gasteiger partial charge in [0.2, 0.25) is 0 Å². The summed E-state index contributed by atoms with van der Waals surface area (Å²) in [6, 6.07) is 0.0716. The Morgan fingerprint density at radius 3 is 2.96 bits per heavy atom. The number of aromatic nitrogens is 3. The van der Waals surface area contributed by atoms with E-state index in [1.165, 1.54) is 0 Å². The van der Waals surface area contributed by atoms with Crippen molar-refractivity contribution in [2.45, 2.75) is 45.3 Å². The quantitative estimate of drug-likeness (QED) is 0.781. The first kappa shape index (κ1) is 18.3. The highest BCUT2D eigenvalue weighted by molar-refractivity contribution is 9.10. The minimum absolute atomic E-state index is 0.0716. The van der Waals surface area contributed by atoms with Crippen molar-refractivity contribution in [3.05, 3.63) is 22.1 Å². The first-order valence-corrected chi connectivity index (χ1v) is 9.34. The number of hydrogen-bond donors (Lipinski definition) is 1. The van der Waals surface area contributed by atoms with E-state index in [1.54, 1.807) is 21.7 Å². The molecule has 2 aromatic rings. The van der Waals surface area contributed by atoms with E-state index in [0.717, 1.165) is 12.8 Å². The summed E-state index contributed by atoms with van der Waals surface area (Å²) in [5.74, 6) is 0.636. The highest BCUT2D eigenvalue weighted by atomic mass is 79.9. The van der Waals surface area contributed by atoms with E-state index in [1.807, 2.05) is 20.8 Å². The Hall–Kier alpha value is -1.54. The molecule has 0 spiro atoms. The molecule has 1 saturated heterocycles. The standard InChI is InChI=1S/C16H21BrClN5O2/c1-16(2,3)25-15(24)22-7-4-5-10(9-22)20-13-14-19-6-8-23(14)12(18)11(17)21-13/h6,8,10H,4-5,7,9H2,1-3H3,(H,20,21)/t10-/m0/s1. The third-order valence-electron chi connectivity index (χ3n) is 3.86. The van der Waals surface area contributed by atoms with E-state index in [4.69, 9.17) is 16.3 Å². The van der Waals surface area contributed by atoms with E-state index in [9.17, 15) is 4.79 Å². The fourth-order valence-corrected chi connectivity index (χ4v) is 3.36. The molecule has 7 nitrogen and oxygen atoms in total. The molecular weight excluding hydrogens is 410 g/mol. The molecule has 25 heavy (non-hydrogen) atoms. The van der Waals surface area contributed by atoms with Crippen LogP contribution in [0, 0.1) is 0 Å². The molecule has 1 fully saturated rings.